The molecule has 1 amide bonds. The van der Waals surface area contributed by atoms with Crippen molar-refractivity contribution in [1.29, 1.82) is 0 Å². The second kappa shape index (κ2) is 6.78. The van der Waals surface area contributed by atoms with Gasteiger partial charge in [-0.3, -0.25) is 4.79 Å². The quantitative estimate of drug-likeness (QED) is 0.843. The van der Waals surface area contributed by atoms with Gasteiger partial charge in [-0.15, -0.1) is 5.10 Å². The number of halogens is 1. The Bertz CT molecular complexity index is 787. The molecule has 0 saturated carbocycles. The number of anilines is 1. The fourth-order valence-corrected chi connectivity index (χ4v) is 3.62. The number of para-hydroxylation sites is 1. The van der Waals surface area contributed by atoms with Crippen LogP contribution in [0.4, 0.5) is 10.1 Å². The summed E-state index contributed by atoms with van der Waals surface area (Å²) in [5.74, 6) is -0.295. The predicted octanol–water partition coefficient (Wildman–Crippen LogP) is 2.46. The molecule has 1 fully saturated rings. The lowest BCUT2D eigenvalue weighted by atomic mass is 9.96. The van der Waals surface area contributed by atoms with Crippen molar-refractivity contribution in [2.45, 2.75) is 25.7 Å². The third-order valence-corrected chi connectivity index (χ3v) is 5.05. The number of aromatic nitrogens is 2. The summed E-state index contributed by atoms with van der Waals surface area (Å²) in [6.45, 7) is 2.36. The molecule has 4 rings (SSSR count). The van der Waals surface area contributed by atoms with Crippen molar-refractivity contribution in [3.63, 3.8) is 0 Å². The number of benzene rings is 1. The number of hydrogen-bond donors (Lipinski definition) is 0. The SMILES string of the molecule is O=C(c1cc2c(nn1)CCCC2)N1CCN(c2ccccc2F)CC1. The Kier molecular flexibility index (Phi) is 4.34. The van der Waals surface area contributed by atoms with Crippen LogP contribution in [0, 0.1) is 5.82 Å². The molecule has 2 heterocycles. The molecular weight excluding hydrogens is 319 g/mol. The van der Waals surface area contributed by atoms with Crippen LogP contribution in [0.3, 0.4) is 0 Å². The largest absolute Gasteiger partial charge is 0.366 e. The first kappa shape index (κ1) is 16.0. The highest BCUT2D eigenvalue weighted by atomic mass is 19.1. The van der Waals surface area contributed by atoms with E-state index < -0.39 is 0 Å². The van der Waals surface area contributed by atoms with Crippen LogP contribution >= 0.6 is 0 Å². The van der Waals surface area contributed by atoms with Crippen molar-refractivity contribution in [1.82, 2.24) is 15.1 Å². The first-order chi connectivity index (χ1) is 12.2. The molecule has 2 aromatic rings. The molecule has 0 N–H and O–H groups in total. The average Bonchev–Trinajstić information content (AvgIpc) is 2.67. The average molecular weight is 340 g/mol. The lowest BCUT2D eigenvalue weighted by Crippen LogP contribution is -2.49. The lowest BCUT2D eigenvalue weighted by Gasteiger charge is -2.36. The Labute approximate surface area is 146 Å². The maximum atomic E-state index is 13.9. The molecule has 25 heavy (non-hydrogen) atoms. The van der Waals surface area contributed by atoms with Crippen LogP contribution in [0.2, 0.25) is 0 Å². The Morgan fingerprint density at radius 1 is 1.00 bits per heavy atom. The second-order valence-corrected chi connectivity index (χ2v) is 6.64. The van der Waals surface area contributed by atoms with E-state index in [4.69, 9.17) is 0 Å². The fourth-order valence-electron chi connectivity index (χ4n) is 3.62. The molecule has 130 valence electrons. The van der Waals surface area contributed by atoms with Gasteiger partial charge in [-0.2, -0.15) is 5.10 Å². The van der Waals surface area contributed by atoms with Gasteiger partial charge in [-0.25, -0.2) is 4.39 Å². The summed E-state index contributed by atoms with van der Waals surface area (Å²) in [5, 5.41) is 8.40. The summed E-state index contributed by atoms with van der Waals surface area (Å²) in [6.07, 6.45) is 4.23. The molecular formula is C19H21FN4O. The zero-order chi connectivity index (χ0) is 17.2. The summed E-state index contributed by atoms with van der Waals surface area (Å²) in [6, 6.07) is 8.68. The van der Waals surface area contributed by atoms with Crippen molar-refractivity contribution in [3.8, 4) is 0 Å². The minimum absolute atomic E-state index is 0.0749. The third kappa shape index (κ3) is 3.21. The van der Waals surface area contributed by atoms with Crippen LogP contribution in [0.5, 0.6) is 0 Å². The van der Waals surface area contributed by atoms with E-state index in [0.717, 1.165) is 36.9 Å². The zero-order valence-corrected chi connectivity index (χ0v) is 14.1. The molecule has 2 aliphatic rings. The number of aryl methyl sites for hydroxylation is 2. The van der Waals surface area contributed by atoms with Crippen molar-refractivity contribution in [2.75, 3.05) is 31.1 Å². The van der Waals surface area contributed by atoms with Crippen molar-refractivity contribution >= 4 is 11.6 Å². The molecule has 0 bridgehead atoms. The highest BCUT2D eigenvalue weighted by Crippen LogP contribution is 2.22. The van der Waals surface area contributed by atoms with Gasteiger partial charge in [0.25, 0.3) is 5.91 Å². The van der Waals surface area contributed by atoms with E-state index in [0.29, 0.717) is 37.6 Å². The minimum atomic E-state index is -0.220. The second-order valence-electron chi connectivity index (χ2n) is 6.64. The minimum Gasteiger partial charge on any atom is -0.366 e. The zero-order valence-electron chi connectivity index (χ0n) is 14.1. The van der Waals surface area contributed by atoms with Gasteiger partial charge in [0.1, 0.15) is 5.82 Å². The molecule has 1 saturated heterocycles. The van der Waals surface area contributed by atoms with Crippen LogP contribution in [0.15, 0.2) is 30.3 Å². The molecule has 0 radical (unpaired) electrons. The molecule has 1 aromatic heterocycles. The smallest absolute Gasteiger partial charge is 0.274 e. The van der Waals surface area contributed by atoms with E-state index in [1.165, 1.54) is 6.07 Å². The van der Waals surface area contributed by atoms with Gasteiger partial charge in [0.2, 0.25) is 0 Å². The third-order valence-electron chi connectivity index (χ3n) is 5.05. The van der Waals surface area contributed by atoms with E-state index in [9.17, 15) is 9.18 Å². The summed E-state index contributed by atoms with van der Waals surface area (Å²) in [5.41, 5.74) is 3.23. The summed E-state index contributed by atoms with van der Waals surface area (Å²) < 4.78 is 13.9. The van der Waals surface area contributed by atoms with E-state index in [-0.39, 0.29) is 11.7 Å². The number of fused-ring (bicyclic) bond motifs is 1. The van der Waals surface area contributed by atoms with Crippen molar-refractivity contribution in [3.05, 3.63) is 53.1 Å². The van der Waals surface area contributed by atoms with Crippen LogP contribution in [0.1, 0.15) is 34.6 Å². The summed E-state index contributed by atoms with van der Waals surface area (Å²) in [7, 11) is 0. The van der Waals surface area contributed by atoms with Crippen LogP contribution in [-0.4, -0.2) is 47.2 Å². The molecule has 1 aliphatic heterocycles. The van der Waals surface area contributed by atoms with Crippen LogP contribution < -0.4 is 4.90 Å². The van der Waals surface area contributed by atoms with Crippen LogP contribution in [-0.2, 0) is 12.8 Å². The Balaban J connectivity index is 1.44. The Morgan fingerprint density at radius 3 is 2.56 bits per heavy atom. The normalized spacial score (nSPS) is 17.3. The number of carbonyl (C=O) groups excluding carboxylic acids is 1. The van der Waals surface area contributed by atoms with E-state index in [2.05, 4.69) is 10.2 Å². The topological polar surface area (TPSA) is 49.3 Å². The summed E-state index contributed by atoms with van der Waals surface area (Å²) in [4.78, 5) is 16.5. The number of carbonyl (C=O) groups is 1. The van der Waals surface area contributed by atoms with Gasteiger partial charge >= 0.3 is 0 Å². The van der Waals surface area contributed by atoms with Gasteiger partial charge in [-0.1, -0.05) is 12.1 Å². The highest BCUT2D eigenvalue weighted by Gasteiger charge is 2.25. The number of piperazine rings is 1. The first-order valence-electron chi connectivity index (χ1n) is 8.86. The fraction of sp³-hybridized carbons (Fsp3) is 0.421. The molecule has 1 aliphatic carbocycles. The molecule has 0 unspecified atom stereocenters. The van der Waals surface area contributed by atoms with Gasteiger partial charge in [0.15, 0.2) is 5.69 Å². The van der Waals surface area contributed by atoms with Crippen LogP contribution in [0.25, 0.3) is 0 Å². The van der Waals surface area contributed by atoms with Gasteiger partial charge in [-0.05, 0) is 49.4 Å². The lowest BCUT2D eigenvalue weighted by molar-refractivity contribution is 0.0739. The first-order valence-corrected chi connectivity index (χ1v) is 8.86. The molecule has 0 spiro atoms. The maximum absolute atomic E-state index is 13.9. The molecule has 0 atom stereocenters. The van der Waals surface area contributed by atoms with Gasteiger partial charge in [0.05, 0.1) is 11.4 Å². The van der Waals surface area contributed by atoms with Crippen molar-refractivity contribution in [2.24, 2.45) is 0 Å². The Morgan fingerprint density at radius 2 is 1.76 bits per heavy atom. The van der Waals surface area contributed by atoms with E-state index in [1.54, 1.807) is 17.0 Å². The monoisotopic (exact) mass is 340 g/mol. The Hall–Kier alpha value is -2.50. The molecule has 6 heteroatoms. The highest BCUT2D eigenvalue weighted by molar-refractivity contribution is 5.92. The maximum Gasteiger partial charge on any atom is 0.274 e. The van der Waals surface area contributed by atoms with Gasteiger partial charge < -0.3 is 9.80 Å². The standard InChI is InChI=1S/C19H21FN4O/c20-15-6-2-4-8-18(15)23-9-11-24(12-10-23)19(25)17-13-14-5-1-3-7-16(14)21-22-17/h2,4,6,8,13H,1,3,5,7,9-12H2. The van der Waals surface area contributed by atoms with Crippen molar-refractivity contribution < 1.29 is 9.18 Å². The number of amides is 1. The summed E-state index contributed by atoms with van der Waals surface area (Å²) >= 11 is 0. The van der Waals surface area contributed by atoms with Gasteiger partial charge in [0, 0.05) is 26.2 Å². The van der Waals surface area contributed by atoms with E-state index >= 15 is 0 Å². The predicted molar refractivity (Wildman–Crippen MR) is 93.2 cm³/mol. The number of hydrogen-bond acceptors (Lipinski definition) is 4. The number of nitrogens with zero attached hydrogens (tertiary/aromatic N) is 4. The molecule has 5 nitrogen and oxygen atoms in total. The van der Waals surface area contributed by atoms with E-state index in [1.807, 2.05) is 17.0 Å². The molecule has 1 aromatic carbocycles. The number of rotatable bonds is 2.